The summed E-state index contributed by atoms with van der Waals surface area (Å²) in [6, 6.07) is 7.79. The average molecular weight is 290 g/mol. The number of hydrogen-bond donors (Lipinski definition) is 0. The Morgan fingerprint density at radius 1 is 1.19 bits per heavy atom. The summed E-state index contributed by atoms with van der Waals surface area (Å²) in [5.41, 5.74) is 1.82. The molecule has 0 radical (unpaired) electrons. The Morgan fingerprint density at radius 2 is 1.90 bits per heavy atom. The van der Waals surface area contributed by atoms with Crippen LogP contribution in [0.25, 0.3) is 0 Å². The van der Waals surface area contributed by atoms with Crippen molar-refractivity contribution in [3.63, 3.8) is 0 Å². The quantitative estimate of drug-likeness (QED) is 0.369. The molecule has 1 fully saturated rings. The average Bonchev–Trinajstić information content (AvgIpc) is 3.33. The summed E-state index contributed by atoms with van der Waals surface area (Å²) in [5.74, 6) is -0.216. The number of carbonyl (C=O) groups is 1. The van der Waals surface area contributed by atoms with Gasteiger partial charge in [-0.1, -0.05) is 57.2 Å². The normalized spacial score (nSPS) is 16.7. The largest absolute Gasteiger partial charge is 0.459 e. The van der Waals surface area contributed by atoms with Crippen LogP contribution in [-0.4, -0.2) is 25.3 Å². The van der Waals surface area contributed by atoms with E-state index >= 15 is 0 Å². The lowest BCUT2D eigenvalue weighted by Gasteiger charge is -2.09. The predicted octanol–water partition coefficient (Wildman–Crippen LogP) is 4.15. The van der Waals surface area contributed by atoms with Gasteiger partial charge in [-0.3, -0.25) is 0 Å². The van der Waals surface area contributed by atoms with Crippen LogP contribution >= 0.6 is 0 Å². The number of carbonyl (C=O) groups excluding carboxylic acids is 1. The fourth-order valence-electron chi connectivity index (χ4n) is 2.44. The Labute approximate surface area is 127 Å². The summed E-state index contributed by atoms with van der Waals surface area (Å²) in [6.07, 6.45) is 8.67. The third-order valence-corrected chi connectivity index (χ3v) is 3.84. The van der Waals surface area contributed by atoms with E-state index in [9.17, 15) is 4.79 Å². The number of ether oxygens (including phenoxy) is 2. The lowest BCUT2D eigenvalue weighted by atomic mass is 10.0. The van der Waals surface area contributed by atoms with Gasteiger partial charge in [0.25, 0.3) is 0 Å². The maximum absolute atomic E-state index is 12.1. The zero-order valence-electron chi connectivity index (χ0n) is 13.0. The van der Waals surface area contributed by atoms with E-state index in [2.05, 4.69) is 6.92 Å². The molecule has 0 aliphatic carbocycles. The van der Waals surface area contributed by atoms with Gasteiger partial charge in [0.15, 0.2) is 0 Å². The number of epoxide rings is 1. The Morgan fingerprint density at radius 3 is 2.67 bits per heavy atom. The Balaban J connectivity index is 1.77. The Bertz CT molecular complexity index is 438. The SMILES string of the molecule is CCCCCCCCc1ccccc1C(=O)OCC1CO1. The maximum Gasteiger partial charge on any atom is 0.338 e. The van der Waals surface area contributed by atoms with Crippen LogP contribution in [0.3, 0.4) is 0 Å². The van der Waals surface area contributed by atoms with Crippen molar-refractivity contribution in [3.05, 3.63) is 35.4 Å². The van der Waals surface area contributed by atoms with Gasteiger partial charge in [-0.25, -0.2) is 4.79 Å². The van der Waals surface area contributed by atoms with E-state index in [-0.39, 0.29) is 12.1 Å². The molecule has 21 heavy (non-hydrogen) atoms. The van der Waals surface area contributed by atoms with Crippen LogP contribution in [-0.2, 0) is 15.9 Å². The van der Waals surface area contributed by atoms with Gasteiger partial charge < -0.3 is 9.47 Å². The second-order valence-electron chi connectivity index (χ2n) is 5.73. The lowest BCUT2D eigenvalue weighted by Crippen LogP contribution is -2.12. The maximum atomic E-state index is 12.1. The third kappa shape index (κ3) is 5.88. The second kappa shape index (κ2) is 8.83. The number of aryl methyl sites for hydroxylation is 1. The zero-order chi connectivity index (χ0) is 14.9. The van der Waals surface area contributed by atoms with Crippen LogP contribution in [0.2, 0.25) is 0 Å². The first-order valence-electron chi connectivity index (χ1n) is 8.18. The van der Waals surface area contributed by atoms with Crippen LogP contribution in [0.15, 0.2) is 24.3 Å². The molecule has 1 aliphatic rings. The summed E-state index contributed by atoms with van der Waals surface area (Å²) in [7, 11) is 0. The molecule has 0 saturated carbocycles. The Kier molecular flexibility index (Phi) is 6.74. The van der Waals surface area contributed by atoms with Crippen molar-refractivity contribution in [3.8, 4) is 0 Å². The molecule has 2 rings (SSSR count). The summed E-state index contributed by atoms with van der Waals surface area (Å²) >= 11 is 0. The number of rotatable bonds is 10. The third-order valence-electron chi connectivity index (χ3n) is 3.84. The van der Waals surface area contributed by atoms with Gasteiger partial charge in [-0.05, 0) is 24.5 Å². The first-order chi connectivity index (χ1) is 10.3. The van der Waals surface area contributed by atoms with Crippen molar-refractivity contribution < 1.29 is 14.3 Å². The second-order valence-corrected chi connectivity index (χ2v) is 5.73. The van der Waals surface area contributed by atoms with Crippen molar-refractivity contribution in [2.45, 2.75) is 58.0 Å². The number of hydrogen-bond acceptors (Lipinski definition) is 3. The fourth-order valence-corrected chi connectivity index (χ4v) is 2.44. The topological polar surface area (TPSA) is 38.8 Å². The molecule has 0 amide bonds. The van der Waals surface area contributed by atoms with Gasteiger partial charge in [0.1, 0.15) is 12.7 Å². The van der Waals surface area contributed by atoms with E-state index in [1.54, 1.807) is 0 Å². The van der Waals surface area contributed by atoms with Gasteiger partial charge in [0.2, 0.25) is 0 Å². The predicted molar refractivity (Wildman–Crippen MR) is 83.5 cm³/mol. The molecule has 1 aromatic rings. The summed E-state index contributed by atoms with van der Waals surface area (Å²) < 4.78 is 10.3. The molecule has 3 nitrogen and oxygen atoms in total. The molecule has 1 heterocycles. The molecule has 0 spiro atoms. The molecular weight excluding hydrogens is 264 g/mol. The van der Waals surface area contributed by atoms with Crippen LogP contribution in [0.4, 0.5) is 0 Å². The standard InChI is InChI=1S/C18H26O3/c1-2-3-4-5-6-7-10-15-11-8-9-12-17(15)18(19)21-14-16-13-20-16/h8-9,11-12,16H,2-7,10,13-14H2,1H3. The minimum Gasteiger partial charge on any atom is -0.459 e. The molecule has 3 heteroatoms. The molecule has 0 bridgehead atoms. The van der Waals surface area contributed by atoms with E-state index in [1.165, 1.54) is 32.1 Å². The molecule has 1 atom stereocenters. The minimum atomic E-state index is -0.216. The summed E-state index contributed by atoms with van der Waals surface area (Å²) in [4.78, 5) is 12.1. The van der Waals surface area contributed by atoms with Crippen LogP contribution in [0.5, 0.6) is 0 Å². The Hall–Kier alpha value is -1.35. The van der Waals surface area contributed by atoms with Crippen LogP contribution in [0.1, 0.15) is 61.4 Å². The van der Waals surface area contributed by atoms with Gasteiger partial charge >= 0.3 is 5.97 Å². The van der Waals surface area contributed by atoms with E-state index < -0.39 is 0 Å². The molecule has 1 saturated heterocycles. The lowest BCUT2D eigenvalue weighted by molar-refractivity contribution is 0.0475. The van der Waals surface area contributed by atoms with Gasteiger partial charge in [0, 0.05) is 0 Å². The molecular formula is C18H26O3. The van der Waals surface area contributed by atoms with E-state index in [0.29, 0.717) is 18.8 Å². The van der Waals surface area contributed by atoms with Gasteiger partial charge in [-0.2, -0.15) is 0 Å². The molecule has 0 N–H and O–H groups in total. The molecule has 116 valence electrons. The van der Waals surface area contributed by atoms with Crippen molar-refractivity contribution in [1.82, 2.24) is 0 Å². The molecule has 1 aliphatic heterocycles. The monoisotopic (exact) mass is 290 g/mol. The van der Waals surface area contributed by atoms with Gasteiger partial charge in [-0.15, -0.1) is 0 Å². The first-order valence-corrected chi connectivity index (χ1v) is 8.18. The van der Waals surface area contributed by atoms with Crippen molar-refractivity contribution in [1.29, 1.82) is 0 Å². The van der Waals surface area contributed by atoms with Gasteiger partial charge in [0.05, 0.1) is 12.2 Å². The van der Waals surface area contributed by atoms with E-state index in [4.69, 9.17) is 9.47 Å². The van der Waals surface area contributed by atoms with Crippen molar-refractivity contribution >= 4 is 5.97 Å². The molecule has 1 unspecified atom stereocenters. The number of benzene rings is 1. The fraction of sp³-hybridized carbons (Fsp3) is 0.611. The summed E-state index contributed by atoms with van der Waals surface area (Å²) in [6.45, 7) is 3.32. The molecule has 0 aromatic heterocycles. The van der Waals surface area contributed by atoms with E-state index in [0.717, 1.165) is 18.4 Å². The highest BCUT2D eigenvalue weighted by Gasteiger charge is 2.25. The zero-order valence-corrected chi connectivity index (χ0v) is 13.0. The highest BCUT2D eigenvalue weighted by molar-refractivity contribution is 5.91. The highest BCUT2D eigenvalue weighted by atomic mass is 16.6. The summed E-state index contributed by atoms with van der Waals surface area (Å²) in [5, 5.41) is 0. The van der Waals surface area contributed by atoms with Crippen LogP contribution < -0.4 is 0 Å². The van der Waals surface area contributed by atoms with E-state index in [1.807, 2.05) is 24.3 Å². The smallest absolute Gasteiger partial charge is 0.338 e. The number of esters is 1. The number of unbranched alkanes of at least 4 members (excludes halogenated alkanes) is 5. The van der Waals surface area contributed by atoms with Crippen LogP contribution in [0, 0.1) is 0 Å². The van der Waals surface area contributed by atoms with Crippen molar-refractivity contribution in [2.24, 2.45) is 0 Å². The van der Waals surface area contributed by atoms with Crippen molar-refractivity contribution in [2.75, 3.05) is 13.2 Å². The molecule has 1 aromatic carbocycles. The first kappa shape index (κ1) is 16.0. The minimum absolute atomic E-state index is 0.125. The highest BCUT2D eigenvalue weighted by Crippen LogP contribution is 2.16.